The minimum atomic E-state index is -0.359. The van der Waals surface area contributed by atoms with Crippen molar-refractivity contribution in [3.05, 3.63) is 0 Å². The van der Waals surface area contributed by atoms with E-state index in [2.05, 4.69) is 20.8 Å². The van der Waals surface area contributed by atoms with Crippen LogP contribution in [0.1, 0.15) is 52.9 Å². The van der Waals surface area contributed by atoms with E-state index in [1.54, 1.807) is 7.11 Å². The normalized spacial score (nSPS) is 12.8. The molecular formula is C14H30N2O2. The Balaban J connectivity index is 4.55. The molecule has 0 aromatic heterocycles. The third-order valence-electron chi connectivity index (χ3n) is 3.39. The minimum absolute atomic E-state index is 0.0780. The van der Waals surface area contributed by atoms with E-state index >= 15 is 0 Å². The number of carbonyl (C=O) groups is 1. The van der Waals surface area contributed by atoms with Gasteiger partial charge in [0.15, 0.2) is 0 Å². The molecular weight excluding hydrogens is 228 g/mol. The van der Waals surface area contributed by atoms with Crippen LogP contribution in [0.5, 0.6) is 0 Å². The number of ether oxygens (including phenoxy) is 1. The van der Waals surface area contributed by atoms with Crippen LogP contribution in [0.15, 0.2) is 0 Å². The third kappa shape index (κ3) is 5.83. The van der Waals surface area contributed by atoms with Crippen LogP contribution in [0.25, 0.3) is 0 Å². The Labute approximate surface area is 112 Å². The second kappa shape index (κ2) is 10.3. The molecule has 0 fully saturated rings. The van der Waals surface area contributed by atoms with Gasteiger partial charge in [-0.3, -0.25) is 4.79 Å². The molecule has 4 nitrogen and oxygen atoms in total. The van der Waals surface area contributed by atoms with Crippen molar-refractivity contribution in [1.82, 2.24) is 4.90 Å². The zero-order chi connectivity index (χ0) is 14.0. The average molecular weight is 258 g/mol. The fourth-order valence-electron chi connectivity index (χ4n) is 2.15. The van der Waals surface area contributed by atoms with Crippen LogP contribution < -0.4 is 5.73 Å². The molecule has 1 atom stereocenters. The second-order valence-electron chi connectivity index (χ2n) is 4.74. The first-order valence-corrected chi connectivity index (χ1v) is 7.17. The highest BCUT2D eigenvalue weighted by Crippen LogP contribution is 2.12. The molecule has 0 saturated heterocycles. The van der Waals surface area contributed by atoms with Gasteiger partial charge in [0.05, 0.1) is 12.6 Å². The number of hydrogen-bond donors (Lipinski definition) is 1. The quantitative estimate of drug-likeness (QED) is 0.653. The lowest BCUT2D eigenvalue weighted by atomic mass is 10.1. The number of carbonyl (C=O) groups excluding carboxylic acids is 1. The Morgan fingerprint density at radius 2 is 1.89 bits per heavy atom. The van der Waals surface area contributed by atoms with Gasteiger partial charge in [-0.1, -0.05) is 33.6 Å². The van der Waals surface area contributed by atoms with Crippen molar-refractivity contribution < 1.29 is 9.53 Å². The second-order valence-corrected chi connectivity index (χ2v) is 4.74. The third-order valence-corrected chi connectivity index (χ3v) is 3.39. The van der Waals surface area contributed by atoms with Gasteiger partial charge in [0.2, 0.25) is 5.91 Å². The van der Waals surface area contributed by atoms with E-state index in [9.17, 15) is 4.79 Å². The number of rotatable bonds is 10. The van der Waals surface area contributed by atoms with Gasteiger partial charge >= 0.3 is 0 Å². The summed E-state index contributed by atoms with van der Waals surface area (Å²) in [7, 11) is 1.66. The molecule has 0 aliphatic rings. The molecule has 0 bridgehead atoms. The Morgan fingerprint density at radius 3 is 2.33 bits per heavy atom. The minimum Gasteiger partial charge on any atom is -0.383 e. The molecule has 0 rings (SSSR count). The SMILES string of the molecule is CCCCC(N)C(=O)N(CCOC)C(CC)CC. The zero-order valence-corrected chi connectivity index (χ0v) is 12.4. The first-order chi connectivity index (χ1) is 8.62. The smallest absolute Gasteiger partial charge is 0.239 e. The van der Waals surface area contributed by atoms with Gasteiger partial charge in [0.1, 0.15) is 0 Å². The summed E-state index contributed by atoms with van der Waals surface area (Å²) in [5.41, 5.74) is 5.99. The zero-order valence-electron chi connectivity index (χ0n) is 12.4. The maximum atomic E-state index is 12.4. The standard InChI is InChI=1S/C14H30N2O2/c1-5-8-9-13(15)14(17)16(10-11-18-4)12(6-2)7-3/h12-13H,5-11,15H2,1-4H3. The van der Waals surface area contributed by atoms with Crippen molar-refractivity contribution in [2.24, 2.45) is 5.73 Å². The highest BCUT2D eigenvalue weighted by molar-refractivity contribution is 5.81. The van der Waals surface area contributed by atoms with E-state index in [0.717, 1.165) is 32.1 Å². The van der Waals surface area contributed by atoms with E-state index in [1.165, 1.54) is 0 Å². The van der Waals surface area contributed by atoms with Crippen LogP contribution in [0.2, 0.25) is 0 Å². The van der Waals surface area contributed by atoms with E-state index in [0.29, 0.717) is 13.2 Å². The summed E-state index contributed by atoms with van der Waals surface area (Å²) in [4.78, 5) is 14.3. The lowest BCUT2D eigenvalue weighted by Gasteiger charge is -2.32. The maximum Gasteiger partial charge on any atom is 0.239 e. The van der Waals surface area contributed by atoms with Crippen molar-refractivity contribution in [3.63, 3.8) is 0 Å². The molecule has 2 N–H and O–H groups in total. The number of unbranched alkanes of at least 4 members (excludes halogenated alkanes) is 1. The van der Waals surface area contributed by atoms with Crippen LogP contribution in [-0.4, -0.2) is 43.2 Å². The van der Waals surface area contributed by atoms with Crippen molar-refractivity contribution >= 4 is 5.91 Å². The molecule has 0 saturated carbocycles. The van der Waals surface area contributed by atoms with E-state index < -0.39 is 0 Å². The predicted molar refractivity (Wildman–Crippen MR) is 75.5 cm³/mol. The number of hydrogen-bond acceptors (Lipinski definition) is 3. The topological polar surface area (TPSA) is 55.6 Å². The summed E-state index contributed by atoms with van der Waals surface area (Å²) in [6.45, 7) is 7.54. The predicted octanol–water partition coefficient (Wildman–Crippen LogP) is 2.17. The van der Waals surface area contributed by atoms with Crippen molar-refractivity contribution in [2.45, 2.75) is 65.0 Å². The maximum absolute atomic E-state index is 12.4. The summed E-state index contributed by atoms with van der Waals surface area (Å²) in [5.74, 6) is 0.0780. The van der Waals surface area contributed by atoms with Gasteiger partial charge in [-0.2, -0.15) is 0 Å². The first kappa shape index (κ1) is 17.4. The van der Waals surface area contributed by atoms with Crippen molar-refractivity contribution in [2.75, 3.05) is 20.3 Å². The molecule has 0 aromatic carbocycles. The van der Waals surface area contributed by atoms with Crippen LogP contribution in [0.4, 0.5) is 0 Å². The fourth-order valence-corrected chi connectivity index (χ4v) is 2.15. The summed E-state index contributed by atoms with van der Waals surface area (Å²) in [6.07, 6.45) is 4.79. The Bertz CT molecular complexity index is 218. The summed E-state index contributed by atoms with van der Waals surface area (Å²) < 4.78 is 5.09. The number of nitrogens with two attached hydrogens (primary N) is 1. The molecule has 0 aliphatic carbocycles. The Morgan fingerprint density at radius 1 is 1.28 bits per heavy atom. The van der Waals surface area contributed by atoms with Crippen molar-refractivity contribution in [3.8, 4) is 0 Å². The van der Waals surface area contributed by atoms with Gasteiger partial charge in [-0.05, 0) is 19.3 Å². The number of nitrogens with zero attached hydrogens (tertiary/aromatic N) is 1. The van der Waals surface area contributed by atoms with E-state index in [1.807, 2.05) is 4.90 Å². The number of methoxy groups -OCH3 is 1. The Kier molecular flexibility index (Phi) is 9.98. The van der Waals surface area contributed by atoms with Crippen LogP contribution in [-0.2, 0) is 9.53 Å². The van der Waals surface area contributed by atoms with Gasteiger partial charge in [-0.25, -0.2) is 0 Å². The van der Waals surface area contributed by atoms with Crippen molar-refractivity contribution in [1.29, 1.82) is 0 Å². The summed E-state index contributed by atoms with van der Waals surface area (Å²) in [5, 5.41) is 0. The molecule has 0 heterocycles. The molecule has 0 spiro atoms. The highest BCUT2D eigenvalue weighted by Gasteiger charge is 2.25. The van der Waals surface area contributed by atoms with Crippen LogP contribution in [0, 0.1) is 0 Å². The first-order valence-electron chi connectivity index (χ1n) is 7.17. The van der Waals surface area contributed by atoms with Gasteiger partial charge < -0.3 is 15.4 Å². The molecule has 0 aromatic rings. The molecule has 4 heteroatoms. The average Bonchev–Trinajstić information content (AvgIpc) is 2.40. The monoisotopic (exact) mass is 258 g/mol. The molecule has 0 aliphatic heterocycles. The number of amides is 1. The van der Waals surface area contributed by atoms with Gasteiger partial charge in [0.25, 0.3) is 0 Å². The van der Waals surface area contributed by atoms with E-state index in [4.69, 9.17) is 10.5 Å². The molecule has 18 heavy (non-hydrogen) atoms. The lowest BCUT2D eigenvalue weighted by molar-refractivity contribution is -0.136. The molecule has 108 valence electrons. The lowest BCUT2D eigenvalue weighted by Crippen LogP contribution is -2.49. The Hall–Kier alpha value is -0.610. The summed E-state index contributed by atoms with van der Waals surface area (Å²) >= 11 is 0. The van der Waals surface area contributed by atoms with Gasteiger partial charge in [-0.15, -0.1) is 0 Å². The van der Waals surface area contributed by atoms with Crippen LogP contribution >= 0.6 is 0 Å². The highest BCUT2D eigenvalue weighted by atomic mass is 16.5. The molecule has 1 unspecified atom stereocenters. The van der Waals surface area contributed by atoms with Crippen LogP contribution in [0.3, 0.4) is 0 Å². The van der Waals surface area contributed by atoms with Gasteiger partial charge in [0, 0.05) is 19.7 Å². The molecule has 0 radical (unpaired) electrons. The van der Waals surface area contributed by atoms with E-state index in [-0.39, 0.29) is 18.0 Å². The largest absolute Gasteiger partial charge is 0.383 e. The summed E-state index contributed by atoms with van der Waals surface area (Å²) in [6, 6.07) is -0.0808. The molecule has 1 amide bonds. The fraction of sp³-hybridized carbons (Fsp3) is 0.929.